The number of amides is 1. The number of fused-ring (bicyclic) bond motifs is 1. The van der Waals surface area contributed by atoms with Crippen LogP contribution in [0.4, 0.5) is 17.1 Å². The van der Waals surface area contributed by atoms with Crippen LogP contribution in [0, 0.1) is 0 Å². The van der Waals surface area contributed by atoms with Gasteiger partial charge in [0.05, 0.1) is 11.4 Å². The molecule has 2 aliphatic heterocycles. The number of carbonyl (C=O) groups is 1. The van der Waals surface area contributed by atoms with Crippen LogP contribution >= 0.6 is 0 Å². The van der Waals surface area contributed by atoms with E-state index in [9.17, 15) is 4.79 Å². The Morgan fingerprint density at radius 3 is 2.52 bits per heavy atom. The molecule has 21 heavy (non-hydrogen) atoms. The second kappa shape index (κ2) is 5.56. The number of nitrogens with zero attached hydrogens (tertiary/aromatic N) is 2. The molecule has 1 amide bonds. The number of rotatable bonds is 2. The average molecular weight is 288 g/mol. The number of carbonyl (C=O) groups excluding carboxylic acids is 1. The van der Waals surface area contributed by atoms with E-state index >= 15 is 0 Å². The Balaban J connectivity index is 1.80. The van der Waals surface area contributed by atoms with Gasteiger partial charge in [0, 0.05) is 44.3 Å². The fourth-order valence-electron chi connectivity index (χ4n) is 3.19. The molecule has 5 nitrogen and oxygen atoms in total. The van der Waals surface area contributed by atoms with Gasteiger partial charge in [-0.05, 0) is 38.0 Å². The van der Waals surface area contributed by atoms with Gasteiger partial charge in [-0.15, -0.1) is 0 Å². The van der Waals surface area contributed by atoms with Gasteiger partial charge in [-0.3, -0.25) is 9.69 Å². The van der Waals surface area contributed by atoms with E-state index in [1.807, 2.05) is 12.1 Å². The highest BCUT2D eigenvalue weighted by Crippen LogP contribution is 2.33. The number of aryl methyl sites for hydroxylation is 1. The third-order valence-electron chi connectivity index (χ3n) is 4.53. The molecule has 0 saturated carbocycles. The van der Waals surface area contributed by atoms with Gasteiger partial charge in [0.15, 0.2) is 0 Å². The number of benzene rings is 1. The summed E-state index contributed by atoms with van der Waals surface area (Å²) in [5, 5.41) is 2.96. The van der Waals surface area contributed by atoms with Crippen LogP contribution in [0.25, 0.3) is 0 Å². The monoisotopic (exact) mass is 288 g/mol. The van der Waals surface area contributed by atoms with Crippen molar-refractivity contribution in [3.8, 4) is 0 Å². The lowest BCUT2D eigenvalue weighted by Gasteiger charge is -2.39. The van der Waals surface area contributed by atoms with Crippen molar-refractivity contribution in [2.24, 2.45) is 0 Å². The highest BCUT2D eigenvalue weighted by atomic mass is 16.1. The summed E-state index contributed by atoms with van der Waals surface area (Å²) in [6, 6.07) is 4.67. The first kappa shape index (κ1) is 14.2. The van der Waals surface area contributed by atoms with E-state index in [0.29, 0.717) is 12.5 Å². The van der Waals surface area contributed by atoms with Crippen molar-refractivity contribution in [3.05, 3.63) is 17.7 Å². The number of nitrogens with one attached hydrogen (secondary N) is 1. The molecule has 1 aromatic carbocycles. The fourth-order valence-corrected chi connectivity index (χ4v) is 3.19. The third kappa shape index (κ3) is 2.83. The van der Waals surface area contributed by atoms with Crippen LogP contribution in [0.1, 0.15) is 25.8 Å². The Bertz CT molecular complexity index is 547. The van der Waals surface area contributed by atoms with E-state index in [4.69, 9.17) is 5.73 Å². The first-order valence-corrected chi connectivity index (χ1v) is 7.76. The maximum Gasteiger partial charge on any atom is 0.224 e. The molecule has 0 aromatic heterocycles. The van der Waals surface area contributed by atoms with Crippen LogP contribution in [-0.2, 0) is 11.2 Å². The largest absolute Gasteiger partial charge is 0.397 e. The van der Waals surface area contributed by atoms with Crippen LogP contribution in [0.15, 0.2) is 12.1 Å². The summed E-state index contributed by atoms with van der Waals surface area (Å²) >= 11 is 0. The molecule has 0 atom stereocenters. The number of hydrogen-bond acceptors (Lipinski definition) is 4. The highest BCUT2D eigenvalue weighted by molar-refractivity contribution is 5.95. The standard InChI is InChI=1S/C16H24N4O/c1-11(2)19-5-7-20(8-6-19)15-10-14-12(9-13(15)17)3-4-16(21)18-14/h9-11H,3-8,17H2,1-2H3,(H,18,21). The molecule has 1 saturated heterocycles. The summed E-state index contributed by atoms with van der Waals surface area (Å²) in [5.74, 6) is 0.0999. The van der Waals surface area contributed by atoms with Gasteiger partial charge in [0.2, 0.25) is 5.91 Å². The van der Waals surface area contributed by atoms with Crippen molar-refractivity contribution in [1.29, 1.82) is 0 Å². The summed E-state index contributed by atoms with van der Waals surface area (Å²) in [7, 11) is 0. The van der Waals surface area contributed by atoms with Crippen molar-refractivity contribution < 1.29 is 4.79 Å². The number of nitrogen functional groups attached to an aromatic ring is 1. The Labute approximate surface area is 126 Å². The number of anilines is 3. The molecular weight excluding hydrogens is 264 g/mol. The first-order chi connectivity index (χ1) is 10.0. The minimum atomic E-state index is 0.0999. The maximum absolute atomic E-state index is 11.6. The lowest BCUT2D eigenvalue weighted by atomic mass is 10.0. The van der Waals surface area contributed by atoms with E-state index in [-0.39, 0.29) is 5.91 Å². The summed E-state index contributed by atoms with van der Waals surface area (Å²) in [4.78, 5) is 16.4. The van der Waals surface area contributed by atoms with Crippen LogP contribution < -0.4 is 16.0 Å². The number of piperazine rings is 1. The van der Waals surface area contributed by atoms with Gasteiger partial charge in [-0.25, -0.2) is 0 Å². The molecule has 5 heteroatoms. The predicted molar refractivity (Wildman–Crippen MR) is 86.7 cm³/mol. The van der Waals surface area contributed by atoms with E-state index in [1.54, 1.807) is 0 Å². The smallest absolute Gasteiger partial charge is 0.224 e. The molecule has 0 radical (unpaired) electrons. The zero-order chi connectivity index (χ0) is 15.0. The molecular formula is C16H24N4O. The zero-order valence-electron chi connectivity index (χ0n) is 12.9. The van der Waals surface area contributed by atoms with E-state index in [0.717, 1.165) is 55.2 Å². The summed E-state index contributed by atoms with van der Waals surface area (Å²) in [6.07, 6.45) is 1.34. The molecule has 0 aliphatic carbocycles. The molecule has 0 spiro atoms. The first-order valence-electron chi connectivity index (χ1n) is 7.76. The zero-order valence-corrected chi connectivity index (χ0v) is 12.9. The fraction of sp³-hybridized carbons (Fsp3) is 0.562. The van der Waals surface area contributed by atoms with Gasteiger partial charge in [0.1, 0.15) is 0 Å². The SMILES string of the molecule is CC(C)N1CCN(c2cc3c(cc2N)CCC(=O)N3)CC1. The predicted octanol–water partition coefficient (Wildman–Crippen LogP) is 1.68. The molecule has 2 heterocycles. The van der Waals surface area contributed by atoms with Crippen molar-refractivity contribution in [1.82, 2.24) is 4.90 Å². The lowest BCUT2D eigenvalue weighted by Crippen LogP contribution is -2.49. The topological polar surface area (TPSA) is 61.6 Å². The molecule has 0 unspecified atom stereocenters. The van der Waals surface area contributed by atoms with Crippen molar-refractivity contribution >= 4 is 23.0 Å². The van der Waals surface area contributed by atoms with E-state index in [1.165, 1.54) is 0 Å². The van der Waals surface area contributed by atoms with E-state index < -0.39 is 0 Å². The van der Waals surface area contributed by atoms with E-state index in [2.05, 4.69) is 29.0 Å². The Kier molecular flexibility index (Phi) is 3.76. The van der Waals surface area contributed by atoms with Gasteiger partial charge in [-0.2, -0.15) is 0 Å². The van der Waals surface area contributed by atoms with Crippen molar-refractivity contribution in [3.63, 3.8) is 0 Å². The second-order valence-corrected chi connectivity index (χ2v) is 6.23. The summed E-state index contributed by atoms with van der Waals surface area (Å²) in [5.41, 5.74) is 10.2. The van der Waals surface area contributed by atoms with Gasteiger partial charge in [0.25, 0.3) is 0 Å². The Morgan fingerprint density at radius 2 is 1.86 bits per heavy atom. The highest BCUT2D eigenvalue weighted by Gasteiger charge is 2.23. The normalized spacial score (nSPS) is 19.6. The minimum Gasteiger partial charge on any atom is -0.397 e. The molecule has 2 aliphatic rings. The molecule has 0 bridgehead atoms. The van der Waals surface area contributed by atoms with Crippen LogP contribution in [0.3, 0.4) is 0 Å². The molecule has 114 valence electrons. The van der Waals surface area contributed by atoms with Crippen LogP contribution in [-0.4, -0.2) is 43.0 Å². The van der Waals surface area contributed by atoms with Crippen LogP contribution in [0.2, 0.25) is 0 Å². The van der Waals surface area contributed by atoms with Crippen molar-refractivity contribution in [2.75, 3.05) is 42.1 Å². The molecule has 3 rings (SSSR count). The molecule has 1 aromatic rings. The number of hydrogen-bond donors (Lipinski definition) is 2. The quantitative estimate of drug-likeness (QED) is 0.813. The third-order valence-corrected chi connectivity index (χ3v) is 4.53. The summed E-state index contributed by atoms with van der Waals surface area (Å²) in [6.45, 7) is 8.54. The van der Waals surface area contributed by atoms with Gasteiger partial charge in [-0.1, -0.05) is 0 Å². The Hall–Kier alpha value is -1.75. The van der Waals surface area contributed by atoms with Crippen molar-refractivity contribution in [2.45, 2.75) is 32.7 Å². The average Bonchev–Trinajstić information content (AvgIpc) is 2.47. The lowest BCUT2D eigenvalue weighted by molar-refractivity contribution is -0.116. The minimum absolute atomic E-state index is 0.0999. The second-order valence-electron chi connectivity index (χ2n) is 6.23. The van der Waals surface area contributed by atoms with Crippen LogP contribution in [0.5, 0.6) is 0 Å². The molecule has 1 fully saturated rings. The molecule has 3 N–H and O–H groups in total. The van der Waals surface area contributed by atoms with Gasteiger partial charge < -0.3 is 16.0 Å². The summed E-state index contributed by atoms with van der Waals surface area (Å²) < 4.78 is 0. The maximum atomic E-state index is 11.6. The van der Waals surface area contributed by atoms with Gasteiger partial charge >= 0.3 is 0 Å². The number of nitrogens with two attached hydrogens (primary N) is 1. The Morgan fingerprint density at radius 1 is 1.14 bits per heavy atom.